The predicted molar refractivity (Wildman–Crippen MR) is 87.7 cm³/mol. The van der Waals surface area contributed by atoms with Gasteiger partial charge in [0.1, 0.15) is 11.5 Å². The van der Waals surface area contributed by atoms with E-state index in [1.807, 2.05) is 0 Å². The van der Waals surface area contributed by atoms with Crippen LogP contribution in [0.25, 0.3) is 0 Å². The van der Waals surface area contributed by atoms with Crippen molar-refractivity contribution in [3.8, 4) is 0 Å². The van der Waals surface area contributed by atoms with Crippen molar-refractivity contribution in [1.82, 2.24) is 15.4 Å². The standard InChI is InChI=1S/C18H25N3O/c1-13-6-4-5-7-14(13)11-19-15-8-9-18-16(10-15)17(20-22-18)12-21(2)3/h4-7,15,19H,8-12H2,1-3H3. The fourth-order valence-corrected chi connectivity index (χ4v) is 3.12. The van der Waals surface area contributed by atoms with Crippen molar-refractivity contribution >= 4 is 0 Å². The molecule has 0 radical (unpaired) electrons. The number of hydrogen-bond acceptors (Lipinski definition) is 4. The van der Waals surface area contributed by atoms with Crippen LogP contribution in [0.4, 0.5) is 0 Å². The summed E-state index contributed by atoms with van der Waals surface area (Å²) in [5, 5.41) is 7.97. The van der Waals surface area contributed by atoms with E-state index in [9.17, 15) is 0 Å². The summed E-state index contributed by atoms with van der Waals surface area (Å²) < 4.78 is 5.51. The molecule has 0 bridgehead atoms. The summed E-state index contributed by atoms with van der Waals surface area (Å²) in [5.41, 5.74) is 5.15. The molecule has 0 fully saturated rings. The van der Waals surface area contributed by atoms with E-state index < -0.39 is 0 Å². The highest BCUT2D eigenvalue weighted by atomic mass is 16.5. The summed E-state index contributed by atoms with van der Waals surface area (Å²) >= 11 is 0. The number of hydrogen-bond donors (Lipinski definition) is 1. The first kappa shape index (κ1) is 15.3. The molecule has 1 aromatic carbocycles. The third-order valence-corrected chi connectivity index (χ3v) is 4.43. The molecule has 0 saturated carbocycles. The molecule has 3 rings (SSSR count). The van der Waals surface area contributed by atoms with Crippen molar-refractivity contribution in [2.75, 3.05) is 14.1 Å². The number of aromatic nitrogens is 1. The lowest BCUT2D eigenvalue weighted by molar-refractivity contribution is 0.340. The monoisotopic (exact) mass is 299 g/mol. The molecule has 0 amide bonds. The Balaban J connectivity index is 1.64. The zero-order valence-corrected chi connectivity index (χ0v) is 13.7. The first-order valence-corrected chi connectivity index (χ1v) is 8.02. The normalized spacial score (nSPS) is 17.7. The molecule has 1 atom stereocenters. The Morgan fingerprint density at radius 3 is 2.91 bits per heavy atom. The largest absolute Gasteiger partial charge is 0.361 e. The molecule has 118 valence electrons. The minimum absolute atomic E-state index is 0.507. The summed E-state index contributed by atoms with van der Waals surface area (Å²) in [6.45, 7) is 3.95. The Morgan fingerprint density at radius 2 is 2.14 bits per heavy atom. The molecule has 0 saturated heterocycles. The lowest BCUT2D eigenvalue weighted by atomic mass is 9.91. The maximum absolute atomic E-state index is 5.51. The smallest absolute Gasteiger partial charge is 0.140 e. The van der Waals surface area contributed by atoms with Gasteiger partial charge in [0.15, 0.2) is 0 Å². The summed E-state index contributed by atoms with van der Waals surface area (Å²) in [5.74, 6) is 1.09. The highest BCUT2D eigenvalue weighted by Gasteiger charge is 2.25. The van der Waals surface area contributed by atoms with Gasteiger partial charge in [0.25, 0.3) is 0 Å². The number of nitrogens with one attached hydrogen (secondary N) is 1. The van der Waals surface area contributed by atoms with E-state index >= 15 is 0 Å². The molecule has 1 unspecified atom stereocenters. The van der Waals surface area contributed by atoms with Crippen LogP contribution in [-0.2, 0) is 25.9 Å². The third kappa shape index (κ3) is 3.39. The van der Waals surface area contributed by atoms with Crippen LogP contribution in [0.5, 0.6) is 0 Å². The van der Waals surface area contributed by atoms with E-state index in [4.69, 9.17) is 4.52 Å². The lowest BCUT2D eigenvalue weighted by Gasteiger charge is -2.23. The Labute approximate surface area is 132 Å². The summed E-state index contributed by atoms with van der Waals surface area (Å²) in [6, 6.07) is 9.08. The topological polar surface area (TPSA) is 41.3 Å². The number of nitrogens with zero attached hydrogens (tertiary/aromatic N) is 2. The fourth-order valence-electron chi connectivity index (χ4n) is 3.12. The van der Waals surface area contributed by atoms with Gasteiger partial charge in [0.2, 0.25) is 0 Å². The molecular formula is C18H25N3O. The van der Waals surface area contributed by atoms with Gasteiger partial charge in [-0.2, -0.15) is 0 Å². The molecule has 1 N–H and O–H groups in total. The minimum Gasteiger partial charge on any atom is -0.361 e. The highest BCUT2D eigenvalue weighted by molar-refractivity contribution is 5.28. The summed E-state index contributed by atoms with van der Waals surface area (Å²) in [7, 11) is 4.13. The van der Waals surface area contributed by atoms with E-state index in [1.54, 1.807) is 0 Å². The van der Waals surface area contributed by atoms with Crippen LogP contribution in [0.3, 0.4) is 0 Å². The van der Waals surface area contributed by atoms with Gasteiger partial charge in [-0.1, -0.05) is 29.4 Å². The molecule has 1 aliphatic rings. The van der Waals surface area contributed by atoms with Gasteiger partial charge in [0, 0.05) is 31.1 Å². The quantitative estimate of drug-likeness (QED) is 0.921. The molecule has 2 aromatic rings. The summed E-state index contributed by atoms with van der Waals surface area (Å²) in [4.78, 5) is 2.14. The van der Waals surface area contributed by atoms with Gasteiger partial charge in [-0.15, -0.1) is 0 Å². The molecule has 0 aliphatic heterocycles. The average Bonchev–Trinajstić information content (AvgIpc) is 2.88. The van der Waals surface area contributed by atoms with Crippen molar-refractivity contribution in [1.29, 1.82) is 0 Å². The highest BCUT2D eigenvalue weighted by Crippen LogP contribution is 2.25. The molecule has 1 aliphatic carbocycles. The van der Waals surface area contributed by atoms with Crippen molar-refractivity contribution in [2.45, 2.75) is 45.3 Å². The van der Waals surface area contributed by atoms with Gasteiger partial charge < -0.3 is 14.7 Å². The van der Waals surface area contributed by atoms with E-state index in [-0.39, 0.29) is 0 Å². The number of rotatable bonds is 5. The zero-order valence-electron chi connectivity index (χ0n) is 13.7. The van der Waals surface area contributed by atoms with Gasteiger partial charge in [-0.3, -0.25) is 0 Å². The number of benzene rings is 1. The van der Waals surface area contributed by atoms with Crippen molar-refractivity contribution in [2.24, 2.45) is 0 Å². The first-order chi connectivity index (χ1) is 10.6. The number of fused-ring (bicyclic) bond motifs is 1. The van der Waals surface area contributed by atoms with E-state index in [2.05, 4.69) is 60.7 Å². The Morgan fingerprint density at radius 1 is 1.32 bits per heavy atom. The Bertz CT molecular complexity index is 633. The van der Waals surface area contributed by atoms with Crippen LogP contribution in [0.2, 0.25) is 0 Å². The maximum Gasteiger partial charge on any atom is 0.140 e. The van der Waals surface area contributed by atoms with Gasteiger partial charge >= 0.3 is 0 Å². The van der Waals surface area contributed by atoms with Gasteiger partial charge in [-0.25, -0.2) is 0 Å². The second kappa shape index (κ2) is 6.63. The fraction of sp³-hybridized carbons (Fsp3) is 0.500. The van der Waals surface area contributed by atoms with Crippen molar-refractivity contribution in [3.63, 3.8) is 0 Å². The van der Waals surface area contributed by atoms with Gasteiger partial charge in [0.05, 0.1) is 0 Å². The van der Waals surface area contributed by atoms with Crippen LogP contribution in [0.15, 0.2) is 28.8 Å². The van der Waals surface area contributed by atoms with Crippen LogP contribution in [0.1, 0.15) is 34.6 Å². The third-order valence-electron chi connectivity index (χ3n) is 4.43. The van der Waals surface area contributed by atoms with Crippen LogP contribution in [-0.4, -0.2) is 30.2 Å². The molecule has 1 heterocycles. The molecule has 0 spiro atoms. The average molecular weight is 299 g/mol. The van der Waals surface area contributed by atoms with Gasteiger partial charge in [-0.05, 0) is 45.0 Å². The molecule has 4 heteroatoms. The predicted octanol–water partition coefficient (Wildman–Crippen LogP) is 2.69. The van der Waals surface area contributed by atoms with E-state index in [1.165, 1.54) is 16.7 Å². The first-order valence-electron chi connectivity index (χ1n) is 8.02. The minimum atomic E-state index is 0.507. The second-order valence-corrected chi connectivity index (χ2v) is 6.52. The van der Waals surface area contributed by atoms with Crippen molar-refractivity contribution in [3.05, 3.63) is 52.4 Å². The maximum atomic E-state index is 5.51. The van der Waals surface area contributed by atoms with Crippen LogP contribution >= 0.6 is 0 Å². The zero-order chi connectivity index (χ0) is 15.5. The Kier molecular flexibility index (Phi) is 4.60. The Hall–Kier alpha value is -1.65. The van der Waals surface area contributed by atoms with Crippen LogP contribution in [0, 0.1) is 6.92 Å². The molecule has 22 heavy (non-hydrogen) atoms. The van der Waals surface area contributed by atoms with E-state index in [0.29, 0.717) is 6.04 Å². The van der Waals surface area contributed by atoms with E-state index in [0.717, 1.165) is 43.8 Å². The van der Waals surface area contributed by atoms with Crippen molar-refractivity contribution < 1.29 is 4.52 Å². The second-order valence-electron chi connectivity index (χ2n) is 6.52. The molecule has 4 nitrogen and oxygen atoms in total. The SMILES string of the molecule is Cc1ccccc1CNC1CCc2onc(CN(C)C)c2C1. The van der Waals surface area contributed by atoms with Crippen LogP contribution < -0.4 is 5.32 Å². The number of aryl methyl sites for hydroxylation is 2. The molecule has 1 aromatic heterocycles. The molecular weight excluding hydrogens is 274 g/mol. The summed E-state index contributed by atoms with van der Waals surface area (Å²) in [6.07, 6.45) is 3.13. The lowest BCUT2D eigenvalue weighted by Crippen LogP contribution is -2.34.